The number of nitrogens with zero attached hydrogens (tertiary/aromatic N) is 2. The van der Waals surface area contributed by atoms with Gasteiger partial charge in [0.1, 0.15) is 0 Å². The van der Waals surface area contributed by atoms with Crippen LogP contribution in [0, 0.1) is 20.2 Å². The zero-order chi connectivity index (χ0) is 14.6. The van der Waals surface area contributed by atoms with Crippen molar-refractivity contribution in [3.05, 3.63) is 32.4 Å². The maximum atomic E-state index is 11.6. The smallest absolute Gasteiger partial charge is 0.258 e. The zero-order valence-electron chi connectivity index (χ0n) is 8.63. The molecule has 1 N–H and O–H groups in total. The van der Waals surface area contributed by atoms with E-state index in [1.807, 2.05) is 0 Å². The molecule has 0 fully saturated rings. The minimum Gasteiger partial charge on any atom is -0.258 e. The minimum absolute atomic E-state index is 0.567. The summed E-state index contributed by atoms with van der Waals surface area (Å²) in [5, 5.41) is 21.4. The van der Waals surface area contributed by atoms with Gasteiger partial charge in [0.2, 0.25) is 0 Å². The van der Waals surface area contributed by atoms with E-state index in [4.69, 9.17) is 0 Å². The summed E-state index contributed by atoms with van der Waals surface area (Å²) in [5.74, 6) is 0. The van der Waals surface area contributed by atoms with Gasteiger partial charge in [-0.15, -0.1) is 4.13 Å². The number of nitro groups is 2. The molecule has 0 saturated carbocycles. The van der Waals surface area contributed by atoms with Crippen LogP contribution < -0.4 is 4.13 Å². The first-order chi connectivity index (χ1) is 8.58. The van der Waals surface area contributed by atoms with Gasteiger partial charge in [-0.05, 0) is 0 Å². The molecule has 0 saturated heterocycles. The van der Waals surface area contributed by atoms with Gasteiger partial charge in [0, 0.05) is 12.1 Å². The third kappa shape index (κ3) is 1.83. The second-order valence-corrected chi connectivity index (χ2v) is 6.86. The largest absolute Gasteiger partial charge is 0.291 e. The topological polar surface area (TPSA) is 167 Å². The van der Waals surface area contributed by atoms with Crippen LogP contribution in [0.2, 0.25) is 0 Å². The molecule has 0 bridgehead atoms. The second kappa shape index (κ2) is 3.69. The fraction of sp³-hybridized carbons (Fsp3) is 0. The Labute approximate surface area is 105 Å². The molecule has 0 aromatic heterocycles. The lowest BCUT2D eigenvalue weighted by atomic mass is 10.3. The molecule has 1 heterocycles. The number of rotatable bonds is 2. The lowest BCUT2D eigenvalue weighted by Gasteiger charge is -1.98. The van der Waals surface area contributed by atoms with E-state index in [1.165, 1.54) is 0 Å². The van der Waals surface area contributed by atoms with E-state index in [-0.39, 0.29) is 0 Å². The van der Waals surface area contributed by atoms with Gasteiger partial charge in [0.05, 0.1) is 9.85 Å². The lowest BCUT2D eigenvalue weighted by Crippen LogP contribution is -2.21. The Hall–Kier alpha value is -2.12. The average molecular weight is 309 g/mol. The molecule has 1 aliphatic heterocycles. The van der Waals surface area contributed by atoms with E-state index in [1.54, 1.807) is 0 Å². The molecule has 0 unspecified atom stereocenters. The number of hydrogen-bond acceptors (Lipinski definition) is 8. The molecule has 2 rings (SSSR count). The number of nitrogens with one attached hydrogen (secondary N) is 1. The van der Waals surface area contributed by atoms with Crippen LogP contribution in [0.15, 0.2) is 21.9 Å². The highest BCUT2D eigenvalue weighted by molar-refractivity contribution is 8.07. The van der Waals surface area contributed by atoms with Gasteiger partial charge in [-0.1, -0.05) is 0 Å². The van der Waals surface area contributed by atoms with Gasteiger partial charge in [-0.3, -0.25) is 20.2 Å². The van der Waals surface area contributed by atoms with E-state index >= 15 is 0 Å². The first-order valence-electron chi connectivity index (χ1n) is 4.32. The maximum Gasteiger partial charge on any atom is 0.291 e. The minimum atomic E-state index is -4.73. The van der Waals surface area contributed by atoms with E-state index in [2.05, 4.69) is 0 Å². The molecule has 102 valence electrons. The monoisotopic (exact) mass is 309 g/mol. The Balaban J connectivity index is 3.08. The molecule has 1 aromatic rings. The molecular weight excluding hydrogens is 306 g/mol. The molecule has 0 radical (unpaired) electrons. The fourth-order valence-corrected chi connectivity index (χ4v) is 5.59. The van der Waals surface area contributed by atoms with Gasteiger partial charge in [-0.2, -0.15) is 0 Å². The summed E-state index contributed by atoms with van der Waals surface area (Å²) in [6, 6.07) is 1.13. The number of benzene rings is 1. The number of hydrogen-bond donors (Lipinski definition) is 1. The predicted octanol–water partition coefficient (Wildman–Crippen LogP) is -0.516. The van der Waals surface area contributed by atoms with Gasteiger partial charge in [0.25, 0.3) is 31.4 Å². The Kier molecular flexibility index (Phi) is 2.58. The Morgan fingerprint density at radius 1 is 0.842 bits per heavy atom. The highest BCUT2D eigenvalue weighted by atomic mass is 32.3. The Morgan fingerprint density at radius 2 is 1.16 bits per heavy atom. The molecular formula is C6H3N3O8S2. The van der Waals surface area contributed by atoms with Crippen molar-refractivity contribution < 1.29 is 26.7 Å². The Morgan fingerprint density at radius 3 is 1.42 bits per heavy atom. The number of sulfonamides is 2. The first kappa shape index (κ1) is 13.3. The SMILES string of the molecule is O=[N+]([O-])c1ccc([N+](=O)[O-])c2c1S(=O)(=O)NS2(=O)=O. The Bertz CT molecular complexity index is 755. The van der Waals surface area contributed by atoms with E-state index in [0.717, 1.165) is 4.13 Å². The van der Waals surface area contributed by atoms with Crippen molar-refractivity contribution >= 4 is 31.4 Å². The maximum absolute atomic E-state index is 11.6. The van der Waals surface area contributed by atoms with E-state index < -0.39 is 51.1 Å². The van der Waals surface area contributed by atoms with Gasteiger partial charge < -0.3 is 0 Å². The molecule has 0 spiro atoms. The predicted molar refractivity (Wildman–Crippen MR) is 57.3 cm³/mol. The van der Waals surface area contributed by atoms with Crippen LogP contribution in [-0.2, 0) is 20.0 Å². The first-order valence-corrected chi connectivity index (χ1v) is 7.29. The number of nitro benzene ring substituents is 2. The summed E-state index contributed by atoms with van der Waals surface area (Å²) >= 11 is 0. The van der Waals surface area contributed by atoms with Crippen molar-refractivity contribution in [3.8, 4) is 0 Å². The molecule has 0 atom stereocenters. The van der Waals surface area contributed by atoms with Crippen LogP contribution in [0.1, 0.15) is 0 Å². The summed E-state index contributed by atoms with van der Waals surface area (Å²) in [4.78, 5) is 16.7. The quantitative estimate of drug-likeness (QED) is 0.562. The summed E-state index contributed by atoms with van der Waals surface area (Å²) in [6.45, 7) is 0. The van der Waals surface area contributed by atoms with E-state index in [9.17, 15) is 37.1 Å². The summed E-state index contributed by atoms with van der Waals surface area (Å²) in [6.07, 6.45) is 0. The molecule has 1 aromatic carbocycles. The van der Waals surface area contributed by atoms with Crippen LogP contribution in [0.3, 0.4) is 0 Å². The summed E-state index contributed by atoms with van der Waals surface area (Å²) in [7, 11) is -9.46. The normalized spacial score (nSPS) is 18.7. The fourth-order valence-electron chi connectivity index (χ4n) is 1.58. The highest BCUT2D eigenvalue weighted by Crippen LogP contribution is 2.41. The standard InChI is InChI=1S/C6H3N3O8S2/c10-8(11)3-1-2-4(9(12)13)6-5(3)18(14,15)7-19(6,16)17/h1-2,7H. The van der Waals surface area contributed by atoms with Crippen LogP contribution >= 0.6 is 0 Å². The molecule has 19 heavy (non-hydrogen) atoms. The second-order valence-electron chi connectivity index (χ2n) is 3.37. The van der Waals surface area contributed by atoms with Gasteiger partial charge in [-0.25, -0.2) is 16.8 Å². The van der Waals surface area contributed by atoms with Gasteiger partial charge in [0.15, 0.2) is 9.79 Å². The van der Waals surface area contributed by atoms with Crippen molar-refractivity contribution in [1.29, 1.82) is 0 Å². The van der Waals surface area contributed by atoms with Crippen molar-refractivity contribution in [2.45, 2.75) is 9.79 Å². The molecule has 13 heteroatoms. The third-order valence-corrected chi connectivity index (χ3v) is 6.01. The van der Waals surface area contributed by atoms with Crippen LogP contribution in [-0.4, -0.2) is 26.7 Å². The van der Waals surface area contributed by atoms with Crippen LogP contribution in [0.4, 0.5) is 11.4 Å². The lowest BCUT2D eigenvalue weighted by molar-refractivity contribution is -0.394. The molecule has 11 nitrogen and oxygen atoms in total. The van der Waals surface area contributed by atoms with Crippen LogP contribution in [0.5, 0.6) is 0 Å². The average Bonchev–Trinajstić information content (AvgIpc) is 2.43. The summed E-state index contributed by atoms with van der Waals surface area (Å²) in [5.41, 5.74) is -2.09. The summed E-state index contributed by atoms with van der Waals surface area (Å²) < 4.78 is 47.4. The van der Waals surface area contributed by atoms with Crippen molar-refractivity contribution in [2.24, 2.45) is 0 Å². The number of fused-ring (bicyclic) bond motifs is 1. The van der Waals surface area contributed by atoms with Crippen molar-refractivity contribution in [1.82, 2.24) is 4.13 Å². The molecule has 1 aliphatic rings. The van der Waals surface area contributed by atoms with E-state index in [0.29, 0.717) is 12.1 Å². The van der Waals surface area contributed by atoms with Crippen molar-refractivity contribution in [3.63, 3.8) is 0 Å². The highest BCUT2D eigenvalue weighted by Gasteiger charge is 2.49. The zero-order valence-corrected chi connectivity index (χ0v) is 10.3. The van der Waals surface area contributed by atoms with Crippen LogP contribution in [0.25, 0.3) is 0 Å². The van der Waals surface area contributed by atoms with Crippen molar-refractivity contribution in [2.75, 3.05) is 0 Å². The molecule has 0 aliphatic carbocycles. The molecule has 0 amide bonds. The third-order valence-electron chi connectivity index (χ3n) is 2.22. The van der Waals surface area contributed by atoms with Gasteiger partial charge >= 0.3 is 0 Å².